The number of amides is 1. The Morgan fingerprint density at radius 2 is 1.23 bits per heavy atom. The van der Waals surface area contributed by atoms with Crippen molar-refractivity contribution < 1.29 is 45.0 Å². The van der Waals surface area contributed by atoms with E-state index in [2.05, 4.69) is 10.2 Å². The van der Waals surface area contributed by atoms with Gasteiger partial charge in [0.2, 0.25) is 5.91 Å². The van der Waals surface area contributed by atoms with Gasteiger partial charge in [-0.05, 0) is 19.3 Å². The van der Waals surface area contributed by atoms with Gasteiger partial charge >= 0.3 is 11.9 Å². The van der Waals surface area contributed by atoms with E-state index in [1.54, 1.807) is 0 Å². The van der Waals surface area contributed by atoms with Crippen LogP contribution in [0, 0.1) is 5.92 Å². The average Bonchev–Trinajstić information content (AvgIpc) is 3.43. The Kier molecular flexibility index (Phi) is 6.53. The number of carbonyl (C=O) groups excluding carboxylic acids is 1. The molecule has 1 saturated carbocycles. The molecule has 3 heterocycles. The monoisotopic (exact) mass is 376 g/mol. The Morgan fingerprint density at radius 1 is 0.846 bits per heavy atom. The van der Waals surface area contributed by atoms with E-state index in [-0.39, 0.29) is 0 Å². The summed E-state index contributed by atoms with van der Waals surface area (Å²) in [5, 5.41) is 54.9. The Labute approximate surface area is 148 Å². The van der Waals surface area contributed by atoms with Crippen LogP contribution in [0.15, 0.2) is 0 Å². The molecule has 26 heavy (non-hydrogen) atoms. The minimum atomic E-state index is -2.36. The zero-order chi connectivity index (χ0) is 19.6. The first-order valence-corrected chi connectivity index (χ1v) is 8.34. The van der Waals surface area contributed by atoms with E-state index in [9.17, 15) is 14.4 Å². The molecule has 11 nitrogen and oxygen atoms in total. The number of hydrogen-bond acceptors (Lipinski definition) is 8. The maximum atomic E-state index is 11.6. The van der Waals surface area contributed by atoms with Crippen LogP contribution in [-0.4, -0.2) is 103 Å². The van der Waals surface area contributed by atoms with Crippen LogP contribution < -0.4 is 5.32 Å². The lowest BCUT2D eigenvalue weighted by Gasteiger charge is -2.48. The number of carboxylic acid groups (broad SMARTS) is 2. The summed E-state index contributed by atoms with van der Waals surface area (Å²) >= 11 is 0. The van der Waals surface area contributed by atoms with Crippen molar-refractivity contribution in [2.45, 2.75) is 55.8 Å². The highest BCUT2D eigenvalue weighted by molar-refractivity contribution is 5.81. The van der Waals surface area contributed by atoms with Gasteiger partial charge in [0.05, 0.1) is 0 Å². The number of nitrogens with zero attached hydrogens (tertiary/aromatic N) is 1. The zero-order valence-electron chi connectivity index (χ0n) is 13.9. The molecule has 1 amide bonds. The Bertz CT molecular complexity index is 513. The molecule has 6 atom stereocenters. The minimum absolute atomic E-state index is 0.405. The fourth-order valence-electron chi connectivity index (χ4n) is 2.95. The number of nitrogens with one attached hydrogen (secondary N) is 1. The van der Waals surface area contributed by atoms with Crippen LogP contribution in [0.5, 0.6) is 0 Å². The van der Waals surface area contributed by atoms with Gasteiger partial charge in [0, 0.05) is 31.1 Å². The summed E-state index contributed by atoms with van der Waals surface area (Å²) in [4.78, 5) is 33.9. The molecule has 148 valence electrons. The van der Waals surface area contributed by atoms with Gasteiger partial charge in [-0.3, -0.25) is 4.79 Å². The number of aliphatic carboxylic acids is 2. The summed E-state index contributed by atoms with van der Waals surface area (Å²) in [6.45, 7) is 1.93. The number of aliphatic hydroxyl groups is 4. The summed E-state index contributed by atoms with van der Waals surface area (Å²) < 4.78 is 0. The lowest BCUT2D eigenvalue weighted by Crippen LogP contribution is -2.67. The van der Waals surface area contributed by atoms with Crippen LogP contribution in [0.3, 0.4) is 0 Å². The molecular weight excluding hydrogens is 352 g/mol. The number of piperazine rings is 1. The molecule has 3 aliphatic heterocycles. The Morgan fingerprint density at radius 3 is 1.54 bits per heavy atom. The van der Waals surface area contributed by atoms with E-state index >= 15 is 0 Å². The molecule has 0 aromatic heterocycles. The van der Waals surface area contributed by atoms with Gasteiger partial charge in [-0.15, -0.1) is 0 Å². The smallest absolute Gasteiger partial charge is 0.335 e. The van der Waals surface area contributed by atoms with Crippen molar-refractivity contribution in [1.82, 2.24) is 10.2 Å². The standard InChI is InChI=1S/C9H14N2O.C6H10O8/c12-9(6-1-2-6)11-4-7-3-8(5-11)10-7;7-1(3(9)5(11)12)2(8)4(10)6(13)14/h6-8,10H,1-5H2;1-4,7-10H,(H,11,12)(H,13,14)/t;1-,2+,3+,4-. The fraction of sp³-hybridized carbons (Fsp3) is 0.800. The molecule has 4 aliphatic rings. The molecule has 2 bridgehead atoms. The van der Waals surface area contributed by atoms with Gasteiger partial charge in [0.1, 0.15) is 12.2 Å². The molecule has 0 aromatic carbocycles. The first-order valence-electron chi connectivity index (χ1n) is 8.34. The lowest BCUT2D eigenvalue weighted by atomic mass is 9.91. The predicted octanol–water partition coefficient (Wildman–Crippen LogP) is -3.43. The Hall–Kier alpha value is -1.79. The van der Waals surface area contributed by atoms with Crippen molar-refractivity contribution in [2.75, 3.05) is 13.1 Å². The van der Waals surface area contributed by atoms with Crippen LogP contribution in [0.1, 0.15) is 19.3 Å². The van der Waals surface area contributed by atoms with Crippen molar-refractivity contribution in [2.24, 2.45) is 5.92 Å². The van der Waals surface area contributed by atoms with Crippen LogP contribution in [0.4, 0.5) is 0 Å². The highest BCUT2D eigenvalue weighted by atomic mass is 16.4. The van der Waals surface area contributed by atoms with Crippen molar-refractivity contribution in [1.29, 1.82) is 0 Å². The molecule has 7 N–H and O–H groups in total. The molecule has 0 aromatic rings. The zero-order valence-corrected chi connectivity index (χ0v) is 13.9. The molecular formula is C15H24N2O9. The molecule has 1 aliphatic carbocycles. The predicted molar refractivity (Wildman–Crippen MR) is 83.9 cm³/mol. The van der Waals surface area contributed by atoms with Crippen molar-refractivity contribution >= 4 is 17.8 Å². The minimum Gasteiger partial charge on any atom is -0.479 e. The van der Waals surface area contributed by atoms with Crippen molar-refractivity contribution in [3.8, 4) is 0 Å². The third kappa shape index (κ3) is 4.89. The summed E-state index contributed by atoms with van der Waals surface area (Å²) in [6, 6.07) is 1.23. The van der Waals surface area contributed by atoms with Gasteiger partial charge in [-0.2, -0.15) is 0 Å². The number of hydrogen-bond donors (Lipinski definition) is 7. The molecule has 0 spiro atoms. The van der Waals surface area contributed by atoms with Gasteiger partial charge < -0.3 is 40.9 Å². The molecule has 3 saturated heterocycles. The first kappa shape index (κ1) is 20.5. The van der Waals surface area contributed by atoms with Crippen LogP contribution in [0.25, 0.3) is 0 Å². The maximum absolute atomic E-state index is 11.6. The highest BCUT2D eigenvalue weighted by Gasteiger charge is 2.42. The molecule has 4 rings (SSSR count). The number of piperidine rings is 1. The molecule has 11 heteroatoms. The van der Waals surface area contributed by atoms with Crippen molar-refractivity contribution in [3.05, 3.63) is 0 Å². The normalized spacial score (nSPS) is 28.5. The second-order valence-electron chi connectivity index (χ2n) is 6.86. The van der Waals surface area contributed by atoms with Gasteiger partial charge in [0.25, 0.3) is 0 Å². The SMILES string of the molecule is O=C(C1CC1)N1CC2CC(C1)N2.O=C(O)[C@@H](O)[C@H](O)[C@H](O)[C@@H](O)C(=O)O. The lowest BCUT2D eigenvalue weighted by molar-refractivity contribution is -0.172. The largest absolute Gasteiger partial charge is 0.479 e. The highest BCUT2D eigenvalue weighted by Crippen LogP contribution is 2.33. The molecule has 0 radical (unpaired) electrons. The first-order chi connectivity index (χ1) is 12.1. The van der Waals surface area contributed by atoms with Gasteiger partial charge in [0.15, 0.2) is 12.2 Å². The summed E-state index contributed by atoms with van der Waals surface area (Å²) in [5.41, 5.74) is 0. The number of aliphatic hydroxyl groups excluding tert-OH is 4. The number of fused-ring (bicyclic) bond motifs is 2. The van der Waals surface area contributed by atoms with E-state index in [4.69, 9.17) is 30.6 Å². The maximum Gasteiger partial charge on any atom is 0.335 e. The fourth-order valence-corrected chi connectivity index (χ4v) is 2.95. The number of rotatable bonds is 6. The second-order valence-corrected chi connectivity index (χ2v) is 6.86. The number of carbonyl (C=O) groups is 3. The van der Waals surface area contributed by atoms with E-state index in [1.165, 1.54) is 6.42 Å². The van der Waals surface area contributed by atoms with Crippen LogP contribution in [0.2, 0.25) is 0 Å². The van der Waals surface area contributed by atoms with E-state index in [1.807, 2.05) is 0 Å². The quantitative estimate of drug-likeness (QED) is 0.246. The van der Waals surface area contributed by atoms with Gasteiger partial charge in [-0.25, -0.2) is 9.59 Å². The third-order valence-corrected chi connectivity index (χ3v) is 4.66. The van der Waals surface area contributed by atoms with E-state index in [0.29, 0.717) is 23.9 Å². The van der Waals surface area contributed by atoms with Crippen molar-refractivity contribution in [3.63, 3.8) is 0 Å². The van der Waals surface area contributed by atoms with E-state index < -0.39 is 36.4 Å². The topological polar surface area (TPSA) is 188 Å². The summed E-state index contributed by atoms with van der Waals surface area (Å²) in [5.74, 6) is -2.85. The Balaban J connectivity index is 0.000000187. The molecule has 2 unspecified atom stereocenters. The van der Waals surface area contributed by atoms with E-state index in [0.717, 1.165) is 25.9 Å². The number of carboxylic acids is 2. The molecule has 4 fully saturated rings. The van der Waals surface area contributed by atoms with Crippen LogP contribution >= 0.6 is 0 Å². The summed E-state index contributed by atoms with van der Waals surface area (Å²) in [7, 11) is 0. The van der Waals surface area contributed by atoms with Gasteiger partial charge in [-0.1, -0.05) is 0 Å². The third-order valence-electron chi connectivity index (χ3n) is 4.66. The summed E-state index contributed by atoms with van der Waals surface area (Å²) in [6.07, 6.45) is -5.72. The second kappa shape index (κ2) is 8.27. The average molecular weight is 376 g/mol. The van der Waals surface area contributed by atoms with Crippen LogP contribution in [-0.2, 0) is 14.4 Å².